The van der Waals surface area contributed by atoms with Gasteiger partial charge < -0.3 is 25.4 Å². The van der Waals surface area contributed by atoms with E-state index in [-0.39, 0.29) is 23.7 Å². The average Bonchev–Trinajstić information content (AvgIpc) is 2.83. The van der Waals surface area contributed by atoms with Crippen molar-refractivity contribution < 1.29 is 24.2 Å². The number of hydrogen-bond donors (Lipinski definition) is 3. The average molecular weight is 490 g/mol. The van der Waals surface area contributed by atoms with Crippen molar-refractivity contribution in [2.75, 3.05) is 63.2 Å². The molecule has 1 aromatic carbocycles. The molecule has 0 spiro atoms. The lowest BCUT2D eigenvalue weighted by Gasteiger charge is -2.35. The van der Waals surface area contributed by atoms with Gasteiger partial charge in [0.15, 0.2) is 0 Å². The maximum absolute atomic E-state index is 12.4. The molecule has 10 nitrogen and oxygen atoms in total. The Morgan fingerprint density at radius 3 is 2.50 bits per heavy atom. The second-order valence-corrected chi connectivity index (χ2v) is 8.26. The molecule has 1 fully saturated rings. The van der Waals surface area contributed by atoms with Gasteiger partial charge in [-0.2, -0.15) is 0 Å². The van der Waals surface area contributed by atoms with Crippen LogP contribution in [0.1, 0.15) is 27.1 Å². The molecule has 1 aromatic heterocycles. The molecule has 0 radical (unpaired) electrons. The third kappa shape index (κ3) is 7.14. The molecule has 1 aliphatic heterocycles. The van der Waals surface area contributed by atoms with Gasteiger partial charge in [0, 0.05) is 57.0 Å². The number of ether oxygens (including phenoxy) is 1. The lowest BCUT2D eigenvalue weighted by molar-refractivity contribution is -0.122. The third-order valence-electron chi connectivity index (χ3n) is 5.35. The first-order valence-corrected chi connectivity index (χ1v) is 11.3. The van der Waals surface area contributed by atoms with Gasteiger partial charge in [-0.15, -0.1) is 0 Å². The van der Waals surface area contributed by atoms with Crippen LogP contribution in [-0.4, -0.2) is 85.8 Å². The van der Waals surface area contributed by atoms with E-state index in [0.717, 1.165) is 6.42 Å². The largest absolute Gasteiger partial charge is 0.478 e. The maximum atomic E-state index is 12.4. The molecule has 2 aromatic rings. The van der Waals surface area contributed by atoms with Crippen LogP contribution in [0.5, 0.6) is 0 Å². The van der Waals surface area contributed by atoms with Crippen LogP contribution in [-0.2, 0) is 9.53 Å². The molecule has 3 N–H and O–H groups in total. The lowest BCUT2D eigenvalue weighted by atomic mass is 10.2. The fourth-order valence-corrected chi connectivity index (χ4v) is 3.69. The number of amides is 2. The molecule has 0 atom stereocenters. The first-order valence-electron chi connectivity index (χ1n) is 10.9. The van der Waals surface area contributed by atoms with E-state index in [2.05, 4.69) is 15.6 Å². The number of nitrogens with zero attached hydrogens (tertiary/aromatic N) is 3. The summed E-state index contributed by atoms with van der Waals surface area (Å²) in [6, 6.07) is 7.77. The van der Waals surface area contributed by atoms with Crippen LogP contribution in [0.4, 0.5) is 11.5 Å². The number of aromatic carboxylic acids is 1. The van der Waals surface area contributed by atoms with Crippen LogP contribution in [0.15, 0.2) is 36.5 Å². The van der Waals surface area contributed by atoms with Gasteiger partial charge in [0.25, 0.3) is 5.91 Å². The Balaban J connectivity index is 1.58. The quantitative estimate of drug-likeness (QED) is 0.433. The number of halogens is 1. The van der Waals surface area contributed by atoms with Gasteiger partial charge in [-0.3, -0.25) is 14.5 Å². The van der Waals surface area contributed by atoms with Crippen molar-refractivity contribution in [1.82, 2.24) is 15.2 Å². The van der Waals surface area contributed by atoms with Crippen molar-refractivity contribution >= 4 is 40.9 Å². The maximum Gasteiger partial charge on any atom is 0.339 e. The minimum atomic E-state index is -1.14. The van der Waals surface area contributed by atoms with E-state index in [4.69, 9.17) is 16.3 Å². The molecule has 0 unspecified atom stereocenters. The molecule has 34 heavy (non-hydrogen) atoms. The Morgan fingerprint density at radius 2 is 1.85 bits per heavy atom. The van der Waals surface area contributed by atoms with E-state index in [1.807, 2.05) is 9.80 Å². The zero-order chi connectivity index (χ0) is 24.5. The zero-order valence-electron chi connectivity index (χ0n) is 18.9. The normalized spacial score (nSPS) is 14.0. The number of nitrogens with one attached hydrogen (secondary N) is 2. The number of anilines is 2. The smallest absolute Gasteiger partial charge is 0.339 e. The van der Waals surface area contributed by atoms with Crippen LogP contribution in [0.3, 0.4) is 0 Å². The molecule has 1 aliphatic rings. The van der Waals surface area contributed by atoms with E-state index in [0.29, 0.717) is 55.7 Å². The summed E-state index contributed by atoms with van der Waals surface area (Å²) in [6.45, 7) is 3.71. The Labute approximate surface area is 202 Å². The van der Waals surface area contributed by atoms with Crippen LogP contribution < -0.4 is 15.5 Å². The number of rotatable bonds is 10. The summed E-state index contributed by atoms with van der Waals surface area (Å²) in [5, 5.41) is 15.8. The number of hydrogen-bond acceptors (Lipinski definition) is 7. The summed E-state index contributed by atoms with van der Waals surface area (Å²) in [7, 11) is 1.62. The summed E-state index contributed by atoms with van der Waals surface area (Å²) >= 11 is 5.85. The molecule has 3 rings (SSSR count). The lowest BCUT2D eigenvalue weighted by Crippen LogP contribution is -2.50. The van der Waals surface area contributed by atoms with Crippen LogP contribution in [0, 0.1) is 0 Å². The molecule has 0 bridgehead atoms. The number of pyridine rings is 1. The van der Waals surface area contributed by atoms with Crippen molar-refractivity contribution in [3.8, 4) is 0 Å². The highest BCUT2D eigenvalue weighted by atomic mass is 35.5. The monoisotopic (exact) mass is 489 g/mol. The number of benzene rings is 1. The molecule has 0 aliphatic carbocycles. The van der Waals surface area contributed by atoms with Gasteiger partial charge in [0.05, 0.1) is 18.4 Å². The third-order valence-corrected chi connectivity index (χ3v) is 5.60. The second-order valence-electron chi connectivity index (χ2n) is 7.82. The minimum Gasteiger partial charge on any atom is -0.478 e. The highest BCUT2D eigenvalue weighted by Gasteiger charge is 2.24. The number of carbonyl (C=O) groups excluding carboxylic acids is 2. The van der Waals surface area contributed by atoms with Gasteiger partial charge >= 0.3 is 5.97 Å². The SMILES string of the molecule is COCCCNC(=O)CN1CCN(c2ncc(NC(=O)c3ccc(Cl)cc3)cc2C(=O)O)CC1. The van der Waals surface area contributed by atoms with Gasteiger partial charge in [-0.05, 0) is 36.8 Å². The summed E-state index contributed by atoms with van der Waals surface area (Å²) in [5.41, 5.74) is 0.673. The fraction of sp³-hybridized carbons (Fsp3) is 0.391. The Bertz CT molecular complexity index is 1010. The van der Waals surface area contributed by atoms with Gasteiger partial charge in [-0.1, -0.05) is 11.6 Å². The van der Waals surface area contributed by atoms with Gasteiger partial charge in [0.1, 0.15) is 11.4 Å². The van der Waals surface area contributed by atoms with Crippen molar-refractivity contribution in [2.24, 2.45) is 0 Å². The van der Waals surface area contributed by atoms with E-state index in [1.165, 1.54) is 12.3 Å². The molecule has 2 amide bonds. The van der Waals surface area contributed by atoms with E-state index in [1.54, 1.807) is 31.4 Å². The number of piperazine rings is 1. The predicted molar refractivity (Wildman–Crippen MR) is 129 cm³/mol. The van der Waals surface area contributed by atoms with Gasteiger partial charge in [0.2, 0.25) is 5.91 Å². The standard InChI is InChI=1S/C23H28ClN5O5/c1-34-12-2-7-25-20(30)15-28-8-10-29(11-9-28)21-19(23(32)33)13-18(14-26-21)27-22(31)16-3-5-17(24)6-4-16/h3-6,13-14H,2,7-12,15H2,1H3,(H,25,30)(H,27,31)(H,32,33). The predicted octanol–water partition coefficient (Wildman–Crippen LogP) is 1.96. The zero-order valence-corrected chi connectivity index (χ0v) is 19.7. The summed E-state index contributed by atoms with van der Waals surface area (Å²) in [4.78, 5) is 44.6. The summed E-state index contributed by atoms with van der Waals surface area (Å²) < 4.78 is 4.96. The van der Waals surface area contributed by atoms with Crippen molar-refractivity contribution in [1.29, 1.82) is 0 Å². The topological polar surface area (TPSA) is 124 Å². The molecule has 0 saturated carbocycles. The Kier molecular flexibility index (Phi) is 9.20. The minimum absolute atomic E-state index is 0.00163. The number of carboxylic acids is 1. The molecular weight excluding hydrogens is 462 g/mol. The van der Waals surface area contributed by atoms with E-state index in [9.17, 15) is 19.5 Å². The number of carboxylic acid groups (broad SMARTS) is 1. The summed E-state index contributed by atoms with van der Waals surface area (Å²) in [6.07, 6.45) is 2.20. The van der Waals surface area contributed by atoms with Crippen LogP contribution in [0.25, 0.3) is 0 Å². The van der Waals surface area contributed by atoms with Crippen molar-refractivity contribution in [2.45, 2.75) is 6.42 Å². The highest BCUT2D eigenvalue weighted by Crippen LogP contribution is 2.23. The van der Waals surface area contributed by atoms with Crippen LogP contribution >= 0.6 is 11.6 Å². The van der Waals surface area contributed by atoms with Crippen molar-refractivity contribution in [3.05, 3.63) is 52.7 Å². The number of methoxy groups -OCH3 is 1. The number of carbonyl (C=O) groups is 3. The molecule has 2 heterocycles. The van der Waals surface area contributed by atoms with E-state index >= 15 is 0 Å². The van der Waals surface area contributed by atoms with Gasteiger partial charge in [-0.25, -0.2) is 9.78 Å². The second kappa shape index (κ2) is 12.3. The van der Waals surface area contributed by atoms with Crippen LogP contribution in [0.2, 0.25) is 5.02 Å². The molecule has 1 saturated heterocycles. The first kappa shape index (κ1) is 25.4. The molecule has 182 valence electrons. The van der Waals surface area contributed by atoms with E-state index < -0.39 is 11.9 Å². The highest BCUT2D eigenvalue weighted by molar-refractivity contribution is 6.30. The molecule has 11 heteroatoms. The summed E-state index contributed by atoms with van der Waals surface area (Å²) in [5.74, 6) is -1.24. The Hall–Kier alpha value is -3.21. The first-order chi connectivity index (χ1) is 16.4. The fourth-order valence-electron chi connectivity index (χ4n) is 3.56. The number of aromatic nitrogens is 1. The Morgan fingerprint density at radius 1 is 1.15 bits per heavy atom. The van der Waals surface area contributed by atoms with Crippen molar-refractivity contribution in [3.63, 3.8) is 0 Å². The molecular formula is C23H28ClN5O5.